The zero-order valence-electron chi connectivity index (χ0n) is 17.4. The molecule has 3 rings (SSSR count). The number of aliphatic imine (C=N–C) groups is 1. The van der Waals surface area contributed by atoms with E-state index in [2.05, 4.69) is 45.1 Å². The summed E-state index contributed by atoms with van der Waals surface area (Å²) in [5.41, 5.74) is 1.63. The smallest absolute Gasteiger partial charge is 0.337 e. The minimum absolute atomic E-state index is 0.320. The van der Waals surface area contributed by atoms with Crippen molar-refractivity contribution < 1.29 is 9.53 Å². The molecule has 0 bridgehead atoms. The zero-order valence-corrected chi connectivity index (χ0v) is 18.2. The van der Waals surface area contributed by atoms with Gasteiger partial charge in [-0.15, -0.1) is 11.3 Å². The lowest BCUT2D eigenvalue weighted by atomic mass is 9.88. The maximum atomic E-state index is 11.5. The molecule has 2 N–H and O–H groups in total. The molecule has 1 aliphatic rings. The molecule has 156 valence electrons. The molecule has 1 aromatic heterocycles. The van der Waals surface area contributed by atoms with Gasteiger partial charge in [-0.2, -0.15) is 0 Å². The van der Waals surface area contributed by atoms with Crippen LogP contribution in [0.4, 0.5) is 0 Å². The highest BCUT2D eigenvalue weighted by Crippen LogP contribution is 2.36. The molecule has 6 nitrogen and oxygen atoms in total. The van der Waals surface area contributed by atoms with E-state index >= 15 is 0 Å². The topological polar surface area (TPSA) is 66.0 Å². The number of guanidine groups is 1. The molecule has 0 radical (unpaired) electrons. The van der Waals surface area contributed by atoms with Crippen molar-refractivity contribution in [2.24, 2.45) is 10.9 Å². The van der Waals surface area contributed by atoms with E-state index in [0.29, 0.717) is 24.1 Å². The Labute approximate surface area is 177 Å². The normalized spacial score (nSPS) is 20.3. The van der Waals surface area contributed by atoms with E-state index in [1.807, 2.05) is 23.5 Å². The summed E-state index contributed by atoms with van der Waals surface area (Å²) in [6, 6.07) is 12.3. The number of nitrogens with one attached hydrogen (secondary N) is 2. The van der Waals surface area contributed by atoms with E-state index in [0.717, 1.165) is 24.6 Å². The van der Waals surface area contributed by atoms with E-state index in [-0.39, 0.29) is 5.97 Å². The van der Waals surface area contributed by atoms with Crippen LogP contribution in [0.15, 0.2) is 46.8 Å². The summed E-state index contributed by atoms with van der Waals surface area (Å²) >= 11 is 1.84. The van der Waals surface area contributed by atoms with Crippen LogP contribution in [0.1, 0.15) is 39.7 Å². The van der Waals surface area contributed by atoms with Gasteiger partial charge >= 0.3 is 5.97 Å². The Bertz CT molecular complexity index is 805. The molecule has 1 fully saturated rings. The van der Waals surface area contributed by atoms with Gasteiger partial charge < -0.3 is 15.4 Å². The third-order valence-corrected chi connectivity index (χ3v) is 6.38. The quantitative estimate of drug-likeness (QED) is 0.431. The fourth-order valence-electron chi connectivity index (χ4n) is 3.89. The lowest BCUT2D eigenvalue weighted by Gasteiger charge is -2.39. The van der Waals surface area contributed by atoms with Gasteiger partial charge in [0.2, 0.25) is 0 Å². The Balaban J connectivity index is 1.54. The number of piperidine rings is 1. The first-order chi connectivity index (χ1) is 14.1. The summed E-state index contributed by atoms with van der Waals surface area (Å²) in [7, 11) is 5.40. The highest BCUT2D eigenvalue weighted by molar-refractivity contribution is 7.10. The number of likely N-dealkylation sites (tertiary alicyclic amines) is 1. The number of carbonyl (C=O) groups excluding carboxylic acids is 1. The van der Waals surface area contributed by atoms with Gasteiger partial charge in [-0.3, -0.25) is 9.89 Å². The monoisotopic (exact) mass is 414 g/mol. The lowest BCUT2D eigenvalue weighted by Crippen LogP contribution is -2.44. The molecule has 1 aliphatic heterocycles. The van der Waals surface area contributed by atoms with Crippen molar-refractivity contribution in [3.8, 4) is 0 Å². The van der Waals surface area contributed by atoms with Crippen LogP contribution >= 0.6 is 11.3 Å². The number of carbonyl (C=O) groups is 1. The predicted octanol–water partition coefficient (Wildman–Crippen LogP) is 3.28. The number of hydrogen-bond acceptors (Lipinski definition) is 5. The highest BCUT2D eigenvalue weighted by atomic mass is 32.1. The second kappa shape index (κ2) is 10.4. The van der Waals surface area contributed by atoms with E-state index < -0.39 is 0 Å². The Hall–Kier alpha value is -2.38. The molecule has 0 aliphatic carbocycles. The summed E-state index contributed by atoms with van der Waals surface area (Å²) in [5, 5.41) is 9.02. The third-order valence-electron chi connectivity index (χ3n) is 5.43. The molecular weight excluding hydrogens is 384 g/mol. The molecular formula is C22H30N4O2S. The number of rotatable bonds is 6. The van der Waals surface area contributed by atoms with E-state index in [4.69, 9.17) is 4.74 Å². The second-order valence-electron chi connectivity index (χ2n) is 7.34. The first-order valence-corrected chi connectivity index (χ1v) is 10.9. The first-order valence-electron chi connectivity index (χ1n) is 9.97. The number of esters is 1. The van der Waals surface area contributed by atoms with Gasteiger partial charge in [0, 0.05) is 31.1 Å². The summed E-state index contributed by atoms with van der Waals surface area (Å²) < 4.78 is 4.74. The fourth-order valence-corrected chi connectivity index (χ4v) is 4.88. The van der Waals surface area contributed by atoms with Gasteiger partial charge in [0.25, 0.3) is 0 Å². The Morgan fingerprint density at radius 1 is 1.28 bits per heavy atom. The van der Waals surface area contributed by atoms with Crippen LogP contribution in [0.25, 0.3) is 0 Å². The molecule has 0 spiro atoms. The number of hydrogen-bond donors (Lipinski definition) is 2. The first kappa shape index (κ1) is 21.3. The van der Waals surface area contributed by atoms with E-state index in [1.54, 1.807) is 19.2 Å². The summed E-state index contributed by atoms with van der Waals surface area (Å²) in [6.07, 6.45) is 2.44. The second-order valence-corrected chi connectivity index (χ2v) is 8.32. The molecule has 29 heavy (non-hydrogen) atoms. The van der Waals surface area contributed by atoms with Crippen molar-refractivity contribution in [1.29, 1.82) is 0 Å². The number of thiophene rings is 1. The Morgan fingerprint density at radius 2 is 2.07 bits per heavy atom. The van der Waals surface area contributed by atoms with Gasteiger partial charge in [-0.25, -0.2) is 4.79 Å². The van der Waals surface area contributed by atoms with Crippen molar-refractivity contribution in [2.45, 2.75) is 25.4 Å². The maximum Gasteiger partial charge on any atom is 0.337 e. The molecule has 0 saturated carbocycles. The highest BCUT2D eigenvalue weighted by Gasteiger charge is 2.31. The summed E-state index contributed by atoms with van der Waals surface area (Å²) in [5.74, 6) is 1.02. The Kier molecular flexibility index (Phi) is 7.66. The van der Waals surface area contributed by atoms with Crippen LogP contribution in [0, 0.1) is 5.92 Å². The van der Waals surface area contributed by atoms with Crippen LogP contribution in [0.2, 0.25) is 0 Å². The van der Waals surface area contributed by atoms with Crippen LogP contribution in [0.3, 0.4) is 0 Å². The van der Waals surface area contributed by atoms with Gasteiger partial charge in [-0.05, 0) is 61.5 Å². The van der Waals surface area contributed by atoms with E-state index in [9.17, 15) is 4.79 Å². The molecule has 1 aromatic carbocycles. The standard InChI is InChI=1S/C22H30N4O2S/c1-23-22(24-14-16-8-10-17(11-9-16)21(27)28-3)25-15-18-6-4-12-26(2)20(18)19-7-5-13-29-19/h5,7-11,13,18,20H,4,6,12,14-15H2,1-3H3,(H2,23,24,25). The van der Waals surface area contributed by atoms with Crippen molar-refractivity contribution in [1.82, 2.24) is 15.5 Å². The average molecular weight is 415 g/mol. The lowest BCUT2D eigenvalue weighted by molar-refractivity contribution is 0.0600. The number of methoxy groups -OCH3 is 1. The van der Waals surface area contributed by atoms with E-state index in [1.165, 1.54) is 24.8 Å². The summed E-state index contributed by atoms with van der Waals surface area (Å²) in [4.78, 5) is 19.8. The minimum Gasteiger partial charge on any atom is -0.465 e. The largest absolute Gasteiger partial charge is 0.465 e. The fraction of sp³-hybridized carbons (Fsp3) is 0.455. The minimum atomic E-state index is -0.320. The predicted molar refractivity (Wildman–Crippen MR) is 118 cm³/mol. The van der Waals surface area contributed by atoms with Gasteiger partial charge in [0.1, 0.15) is 0 Å². The van der Waals surface area contributed by atoms with Crippen molar-refractivity contribution >= 4 is 23.3 Å². The van der Waals surface area contributed by atoms with Crippen molar-refractivity contribution in [3.63, 3.8) is 0 Å². The summed E-state index contributed by atoms with van der Waals surface area (Å²) in [6.45, 7) is 2.67. The number of benzene rings is 1. The molecule has 2 unspecified atom stereocenters. The third kappa shape index (κ3) is 5.58. The van der Waals surface area contributed by atoms with Gasteiger partial charge in [-0.1, -0.05) is 18.2 Å². The van der Waals surface area contributed by atoms with Gasteiger partial charge in [0.05, 0.1) is 12.7 Å². The maximum absolute atomic E-state index is 11.5. The average Bonchev–Trinajstić information content (AvgIpc) is 3.28. The molecule has 1 saturated heterocycles. The number of nitrogens with zero attached hydrogens (tertiary/aromatic N) is 2. The van der Waals surface area contributed by atoms with Crippen molar-refractivity contribution in [2.75, 3.05) is 34.3 Å². The molecule has 2 aromatic rings. The van der Waals surface area contributed by atoms with Crippen LogP contribution in [-0.4, -0.2) is 51.1 Å². The molecule has 7 heteroatoms. The van der Waals surface area contributed by atoms with Crippen LogP contribution < -0.4 is 10.6 Å². The molecule has 2 atom stereocenters. The van der Waals surface area contributed by atoms with Crippen LogP contribution in [0.5, 0.6) is 0 Å². The number of ether oxygens (including phenoxy) is 1. The molecule has 0 amide bonds. The SMILES string of the molecule is CN=C(NCc1ccc(C(=O)OC)cc1)NCC1CCCN(C)C1c1cccs1. The van der Waals surface area contributed by atoms with Crippen LogP contribution in [-0.2, 0) is 11.3 Å². The Morgan fingerprint density at radius 3 is 2.72 bits per heavy atom. The van der Waals surface area contributed by atoms with Gasteiger partial charge in [0.15, 0.2) is 5.96 Å². The molecule has 2 heterocycles. The van der Waals surface area contributed by atoms with Crippen molar-refractivity contribution in [3.05, 3.63) is 57.8 Å². The zero-order chi connectivity index (χ0) is 20.6.